The molecule has 1 fully saturated rings. The average Bonchev–Trinajstić information content (AvgIpc) is 3.44. The number of rotatable bonds is 6. The van der Waals surface area contributed by atoms with E-state index >= 15 is 0 Å². The molecule has 146 valence electrons. The van der Waals surface area contributed by atoms with Crippen LogP contribution in [0.2, 0.25) is 0 Å². The normalized spacial score (nSPS) is 19.5. The van der Waals surface area contributed by atoms with Gasteiger partial charge >= 0.3 is 6.09 Å². The number of hydrogen-bond donors (Lipinski definition) is 3. The van der Waals surface area contributed by atoms with E-state index in [1.54, 1.807) is 4.68 Å². The van der Waals surface area contributed by atoms with Crippen LogP contribution in [0.5, 0.6) is 0 Å². The van der Waals surface area contributed by atoms with Gasteiger partial charge in [0.25, 0.3) is 0 Å². The third-order valence-electron chi connectivity index (χ3n) is 5.90. The molecule has 2 aliphatic rings. The van der Waals surface area contributed by atoms with Crippen LogP contribution in [0.1, 0.15) is 54.0 Å². The molecule has 0 radical (unpaired) electrons. The number of nitrogens with one attached hydrogen (secondary N) is 1. The molecule has 1 saturated carbocycles. The fraction of sp³-hybridized carbons (Fsp3) is 0.476. The first-order valence-corrected chi connectivity index (χ1v) is 9.87. The molecule has 0 aliphatic heterocycles. The van der Waals surface area contributed by atoms with Gasteiger partial charge in [-0.25, -0.2) is 9.48 Å². The van der Waals surface area contributed by atoms with Crippen molar-refractivity contribution in [2.45, 2.75) is 57.0 Å². The number of aromatic nitrogens is 2. The second-order valence-corrected chi connectivity index (χ2v) is 7.97. The van der Waals surface area contributed by atoms with Crippen molar-refractivity contribution < 1.29 is 9.90 Å². The molecule has 4 rings (SSSR count). The Kier molecular flexibility index (Phi) is 4.95. The third-order valence-corrected chi connectivity index (χ3v) is 5.90. The molecule has 2 aliphatic carbocycles. The average molecular weight is 379 g/mol. The molecular weight excluding hydrogens is 354 g/mol. The van der Waals surface area contributed by atoms with Gasteiger partial charge in [-0.05, 0) is 42.7 Å². The molecule has 0 spiro atoms. The van der Waals surface area contributed by atoms with E-state index in [4.69, 9.17) is 10.8 Å². The van der Waals surface area contributed by atoms with Crippen LogP contribution < -0.4 is 11.1 Å². The molecule has 1 aromatic carbocycles. The van der Waals surface area contributed by atoms with Crippen molar-refractivity contribution >= 4 is 11.9 Å². The Hall–Kier alpha value is -3.01. The summed E-state index contributed by atoms with van der Waals surface area (Å²) in [5.74, 6) is 1.06. The zero-order chi connectivity index (χ0) is 19.7. The first-order chi connectivity index (χ1) is 13.5. The number of nitriles is 1. The van der Waals surface area contributed by atoms with Crippen molar-refractivity contribution in [3.05, 3.63) is 46.6 Å². The summed E-state index contributed by atoms with van der Waals surface area (Å²) in [6.07, 6.45) is 4.76. The van der Waals surface area contributed by atoms with Gasteiger partial charge in [-0.3, -0.25) is 0 Å². The molecule has 0 bridgehead atoms. The zero-order valence-corrected chi connectivity index (χ0v) is 15.8. The molecule has 7 nitrogen and oxygen atoms in total. The van der Waals surface area contributed by atoms with Crippen LogP contribution in [0.25, 0.3) is 0 Å². The molecule has 1 heterocycles. The van der Waals surface area contributed by atoms with Crippen LogP contribution >= 0.6 is 0 Å². The van der Waals surface area contributed by atoms with E-state index in [1.807, 2.05) is 6.07 Å². The van der Waals surface area contributed by atoms with Crippen molar-refractivity contribution in [2.75, 3.05) is 5.73 Å². The molecule has 2 aromatic rings. The Morgan fingerprint density at radius 2 is 2.11 bits per heavy atom. The minimum absolute atomic E-state index is 0.155. The smallest absolute Gasteiger partial charge is 0.404 e. The lowest BCUT2D eigenvalue weighted by Crippen LogP contribution is -2.38. The SMILES string of the molecule is N#Cc1c(C2CCc3ccccc3C2)nn(C[C@@H](CC2CC2)NC(=O)O)c1N. The van der Waals surface area contributed by atoms with E-state index in [2.05, 4.69) is 34.7 Å². The highest BCUT2D eigenvalue weighted by Gasteiger charge is 2.30. The van der Waals surface area contributed by atoms with Crippen LogP contribution in [0.15, 0.2) is 24.3 Å². The van der Waals surface area contributed by atoms with Gasteiger partial charge in [0.2, 0.25) is 0 Å². The summed E-state index contributed by atoms with van der Waals surface area (Å²) >= 11 is 0. The number of benzene rings is 1. The minimum atomic E-state index is -1.04. The lowest BCUT2D eigenvalue weighted by molar-refractivity contribution is 0.186. The molecule has 2 atom stereocenters. The molecule has 1 unspecified atom stereocenters. The van der Waals surface area contributed by atoms with Gasteiger partial charge in [0.1, 0.15) is 17.5 Å². The van der Waals surface area contributed by atoms with Gasteiger partial charge in [-0.2, -0.15) is 10.4 Å². The largest absolute Gasteiger partial charge is 0.465 e. The van der Waals surface area contributed by atoms with Crippen LogP contribution in [-0.4, -0.2) is 27.0 Å². The summed E-state index contributed by atoms with van der Waals surface area (Å²) in [4.78, 5) is 11.2. The zero-order valence-electron chi connectivity index (χ0n) is 15.8. The van der Waals surface area contributed by atoms with E-state index in [1.165, 1.54) is 11.1 Å². The first kappa shape index (κ1) is 18.4. The Morgan fingerprint density at radius 3 is 2.79 bits per heavy atom. The van der Waals surface area contributed by atoms with Crippen molar-refractivity contribution in [2.24, 2.45) is 5.92 Å². The molecule has 1 amide bonds. The number of amides is 1. The second kappa shape index (κ2) is 7.55. The number of nitrogens with two attached hydrogens (primary N) is 1. The quantitative estimate of drug-likeness (QED) is 0.713. The number of carbonyl (C=O) groups is 1. The van der Waals surface area contributed by atoms with Crippen LogP contribution in [-0.2, 0) is 19.4 Å². The fourth-order valence-electron chi connectivity index (χ4n) is 4.28. The van der Waals surface area contributed by atoms with Crippen LogP contribution in [0.3, 0.4) is 0 Å². The number of aryl methyl sites for hydroxylation is 1. The minimum Gasteiger partial charge on any atom is -0.465 e. The van der Waals surface area contributed by atoms with Gasteiger partial charge in [-0.1, -0.05) is 37.1 Å². The summed E-state index contributed by atoms with van der Waals surface area (Å²) in [7, 11) is 0. The molecule has 4 N–H and O–H groups in total. The number of hydrogen-bond acceptors (Lipinski definition) is 4. The maximum absolute atomic E-state index is 11.2. The third kappa shape index (κ3) is 3.81. The number of fused-ring (bicyclic) bond motifs is 1. The predicted octanol–water partition coefficient (Wildman–Crippen LogP) is 3.05. The Balaban J connectivity index is 1.58. The lowest BCUT2D eigenvalue weighted by Gasteiger charge is -2.23. The summed E-state index contributed by atoms with van der Waals surface area (Å²) in [6.45, 7) is 0.354. The Bertz CT molecular complexity index is 925. The summed E-state index contributed by atoms with van der Waals surface area (Å²) in [6, 6.07) is 10.4. The Labute approximate surface area is 164 Å². The second-order valence-electron chi connectivity index (χ2n) is 7.97. The van der Waals surface area contributed by atoms with Gasteiger partial charge < -0.3 is 16.2 Å². The van der Waals surface area contributed by atoms with Crippen molar-refractivity contribution in [1.29, 1.82) is 5.26 Å². The van der Waals surface area contributed by atoms with Gasteiger partial charge in [0.15, 0.2) is 0 Å². The molecule has 0 saturated heterocycles. The fourth-order valence-corrected chi connectivity index (χ4v) is 4.28. The molecular formula is C21H25N5O2. The lowest BCUT2D eigenvalue weighted by atomic mass is 9.81. The van der Waals surface area contributed by atoms with Crippen molar-refractivity contribution in [3.63, 3.8) is 0 Å². The van der Waals surface area contributed by atoms with Gasteiger partial charge in [0, 0.05) is 5.92 Å². The number of carboxylic acid groups (broad SMARTS) is 1. The molecule has 28 heavy (non-hydrogen) atoms. The van der Waals surface area contributed by atoms with Crippen LogP contribution in [0, 0.1) is 17.2 Å². The maximum atomic E-state index is 11.2. The highest BCUT2D eigenvalue weighted by molar-refractivity contribution is 5.64. The monoisotopic (exact) mass is 379 g/mol. The number of nitrogen functional groups attached to an aromatic ring is 1. The van der Waals surface area contributed by atoms with E-state index in [9.17, 15) is 10.1 Å². The van der Waals surface area contributed by atoms with Crippen molar-refractivity contribution in [1.82, 2.24) is 15.1 Å². The number of anilines is 1. The van der Waals surface area contributed by atoms with Crippen molar-refractivity contribution in [3.8, 4) is 6.07 Å². The maximum Gasteiger partial charge on any atom is 0.404 e. The van der Waals surface area contributed by atoms with E-state index in [0.29, 0.717) is 23.8 Å². The van der Waals surface area contributed by atoms with Gasteiger partial charge in [0.05, 0.1) is 18.3 Å². The van der Waals surface area contributed by atoms with E-state index < -0.39 is 6.09 Å². The van der Waals surface area contributed by atoms with E-state index in [-0.39, 0.29) is 12.0 Å². The first-order valence-electron chi connectivity index (χ1n) is 9.87. The summed E-state index contributed by atoms with van der Waals surface area (Å²) in [5, 5.41) is 26.1. The Morgan fingerprint density at radius 1 is 1.36 bits per heavy atom. The number of nitrogens with zero attached hydrogens (tertiary/aromatic N) is 3. The highest BCUT2D eigenvalue weighted by atomic mass is 16.4. The standard InChI is InChI=1S/C21H25N5O2/c22-11-18-19(16-8-7-14-3-1-2-4-15(14)10-16)25-26(20(18)23)12-17(24-21(27)28)9-13-5-6-13/h1-4,13,16-17,24H,5-10,12,23H2,(H,27,28)/t16?,17-/m1/s1. The topological polar surface area (TPSA) is 117 Å². The summed E-state index contributed by atoms with van der Waals surface area (Å²) in [5.41, 5.74) is 10.1. The van der Waals surface area contributed by atoms with E-state index in [0.717, 1.165) is 44.2 Å². The van der Waals surface area contributed by atoms with Crippen LogP contribution in [0.4, 0.5) is 10.6 Å². The van der Waals surface area contributed by atoms with Gasteiger partial charge in [-0.15, -0.1) is 0 Å². The predicted molar refractivity (Wildman–Crippen MR) is 105 cm³/mol. The molecule has 1 aromatic heterocycles. The molecule has 7 heteroatoms. The highest BCUT2D eigenvalue weighted by Crippen LogP contribution is 2.36. The summed E-state index contributed by atoms with van der Waals surface area (Å²) < 4.78 is 1.62.